The van der Waals surface area contributed by atoms with Gasteiger partial charge in [-0.15, -0.1) is 0 Å². The fourth-order valence-corrected chi connectivity index (χ4v) is 4.10. The third-order valence-corrected chi connectivity index (χ3v) is 6.28. The maximum Gasteiger partial charge on any atom is 0.422 e. The average molecular weight is 576 g/mol. The van der Waals surface area contributed by atoms with Crippen molar-refractivity contribution in [3.8, 4) is 11.8 Å². The van der Waals surface area contributed by atoms with Gasteiger partial charge >= 0.3 is 12.2 Å². The first-order valence-electron chi connectivity index (χ1n) is 13.3. The second-order valence-electron chi connectivity index (χ2n) is 10.6. The maximum atomic E-state index is 14.7. The number of halogens is 4. The molecule has 12 heteroatoms. The van der Waals surface area contributed by atoms with Crippen molar-refractivity contribution >= 4 is 11.7 Å². The largest absolute Gasteiger partial charge is 0.490 e. The molecule has 7 rings (SSSR count). The van der Waals surface area contributed by atoms with Gasteiger partial charge < -0.3 is 25.4 Å². The van der Waals surface area contributed by atoms with Gasteiger partial charge in [0.2, 0.25) is 0 Å². The molecule has 4 aliphatic heterocycles. The average Bonchev–Trinajstić information content (AvgIpc) is 2.92. The molecule has 41 heavy (non-hydrogen) atoms. The fourth-order valence-electron chi connectivity index (χ4n) is 4.10. The summed E-state index contributed by atoms with van der Waals surface area (Å²) >= 11 is 0. The predicted molar refractivity (Wildman–Crippen MR) is 146 cm³/mol. The molecule has 220 valence electrons. The predicted octanol–water partition coefficient (Wildman–Crippen LogP) is 4.89. The zero-order valence-electron chi connectivity index (χ0n) is 22.9. The number of alkyl halides is 3. The molecule has 1 aromatic heterocycles. The number of carbonyl (C=O) groups is 1. The van der Waals surface area contributed by atoms with Gasteiger partial charge in [-0.05, 0) is 53.8 Å². The van der Waals surface area contributed by atoms with Crippen LogP contribution in [0.3, 0.4) is 0 Å². The minimum absolute atomic E-state index is 0.129. The standard InChI is InChI=1S/C29H33F4N5O3/c1-28(2)16-34-10-3-11-40-24-9-6-20(13-23(24)30)15-35-25-14-22(37-27(38-25)41-18-29(31,32)33)12-19-4-7-21(8-5-19)26(39)36-17-28/h4-9,13-14,34H,3,10-12,15-18H2,1-2H3,(H,36,39)(H,35,37,38). The maximum absolute atomic E-state index is 14.7. The highest BCUT2D eigenvalue weighted by atomic mass is 19.4. The van der Waals surface area contributed by atoms with Crippen LogP contribution >= 0.6 is 0 Å². The SMILES string of the molecule is CC1(C)CNCCCOc2ccc(cc2F)CNc2cc(nc(OCC(F)(F)F)n2)Cc2ccc(cc2)C(=O)NC1. The van der Waals surface area contributed by atoms with Gasteiger partial charge in [0.15, 0.2) is 18.2 Å². The van der Waals surface area contributed by atoms with E-state index in [-0.39, 0.29) is 35.9 Å². The van der Waals surface area contributed by atoms with E-state index in [0.29, 0.717) is 49.5 Å². The smallest absolute Gasteiger partial charge is 0.422 e. The molecule has 5 heterocycles. The lowest BCUT2D eigenvalue weighted by molar-refractivity contribution is -0.154. The lowest BCUT2D eigenvalue weighted by Gasteiger charge is -2.25. The Balaban J connectivity index is 1.58. The number of hydrogen-bond donors (Lipinski definition) is 3. The van der Waals surface area contributed by atoms with Crippen LogP contribution in [0.2, 0.25) is 0 Å². The van der Waals surface area contributed by atoms with Gasteiger partial charge in [0, 0.05) is 37.7 Å². The van der Waals surface area contributed by atoms with Crippen LogP contribution in [-0.2, 0) is 13.0 Å². The van der Waals surface area contributed by atoms with Crippen LogP contribution in [0.4, 0.5) is 23.4 Å². The van der Waals surface area contributed by atoms with Crippen LogP contribution in [-0.4, -0.2) is 54.9 Å². The van der Waals surface area contributed by atoms with Crippen molar-refractivity contribution in [1.29, 1.82) is 0 Å². The van der Waals surface area contributed by atoms with Crippen LogP contribution in [0.1, 0.15) is 47.4 Å². The van der Waals surface area contributed by atoms with Gasteiger partial charge in [-0.1, -0.05) is 32.0 Å². The van der Waals surface area contributed by atoms with E-state index in [1.807, 2.05) is 13.8 Å². The Labute approximate surface area is 235 Å². The Hall–Kier alpha value is -3.93. The summed E-state index contributed by atoms with van der Waals surface area (Å²) in [5, 5.41) is 9.32. The molecule has 0 aliphatic carbocycles. The van der Waals surface area contributed by atoms with E-state index in [1.165, 1.54) is 12.1 Å². The number of nitrogens with zero attached hydrogens (tertiary/aromatic N) is 2. The number of hydrogen-bond acceptors (Lipinski definition) is 7. The monoisotopic (exact) mass is 575 g/mol. The molecule has 0 fully saturated rings. The molecule has 3 aromatic rings. The number of benzene rings is 2. The minimum Gasteiger partial charge on any atom is -0.490 e. The van der Waals surface area contributed by atoms with Crippen molar-refractivity contribution in [2.24, 2.45) is 5.41 Å². The second kappa shape index (κ2) is 13.2. The molecule has 2 aromatic carbocycles. The molecular formula is C29H33F4N5O3. The summed E-state index contributed by atoms with van der Waals surface area (Å²) in [5.74, 6) is -0.390. The molecule has 0 saturated carbocycles. The van der Waals surface area contributed by atoms with Gasteiger partial charge in [-0.25, -0.2) is 4.39 Å². The van der Waals surface area contributed by atoms with Crippen LogP contribution in [0.5, 0.6) is 11.8 Å². The van der Waals surface area contributed by atoms with E-state index in [2.05, 4.69) is 25.9 Å². The summed E-state index contributed by atoms with van der Waals surface area (Å²) in [6.45, 7) is 4.78. The van der Waals surface area contributed by atoms with Gasteiger partial charge in [-0.3, -0.25) is 4.79 Å². The van der Waals surface area contributed by atoms with E-state index in [9.17, 15) is 22.4 Å². The van der Waals surface area contributed by atoms with E-state index in [4.69, 9.17) is 9.47 Å². The van der Waals surface area contributed by atoms with Crippen LogP contribution in [0.25, 0.3) is 0 Å². The number of nitrogens with one attached hydrogen (secondary N) is 3. The summed E-state index contributed by atoms with van der Waals surface area (Å²) in [5.41, 5.74) is 2.04. The van der Waals surface area contributed by atoms with Crippen LogP contribution < -0.4 is 25.4 Å². The van der Waals surface area contributed by atoms with Crippen molar-refractivity contribution in [3.63, 3.8) is 0 Å². The van der Waals surface area contributed by atoms with Crippen molar-refractivity contribution < 1.29 is 31.8 Å². The molecule has 6 bridgehead atoms. The fraction of sp³-hybridized carbons (Fsp3) is 0.414. The summed E-state index contributed by atoms with van der Waals surface area (Å²) in [4.78, 5) is 20.9. The highest BCUT2D eigenvalue weighted by Gasteiger charge is 2.29. The second-order valence-corrected chi connectivity index (χ2v) is 10.6. The quantitative estimate of drug-likeness (QED) is 0.375. The van der Waals surface area contributed by atoms with Gasteiger partial charge in [-0.2, -0.15) is 23.1 Å². The molecule has 0 spiro atoms. The molecule has 4 aliphatic rings. The molecule has 0 radical (unpaired) electrons. The van der Waals surface area contributed by atoms with E-state index in [0.717, 1.165) is 5.56 Å². The highest BCUT2D eigenvalue weighted by molar-refractivity contribution is 5.94. The van der Waals surface area contributed by atoms with Crippen molar-refractivity contribution in [3.05, 3.63) is 76.7 Å². The Morgan fingerprint density at radius 1 is 1.00 bits per heavy atom. The Morgan fingerprint density at radius 3 is 2.49 bits per heavy atom. The topological polar surface area (TPSA) is 97.4 Å². The number of ether oxygens (including phenoxy) is 2. The molecule has 0 saturated heterocycles. The first kappa shape index (κ1) is 30.0. The Morgan fingerprint density at radius 2 is 1.76 bits per heavy atom. The molecule has 1 amide bonds. The van der Waals surface area contributed by atoms with Gasteiger partial charge in [0.1, 0.15) is 5.82 Å². The normalized spacial score (nSPS) is 16.7. The van der Waals surface area contributed by atoms with E-state index >= 15 is 0 Å². The van der Waals surface area contributed by atoms with Crippen molar-refractivity contribution in [2.45, 2.75) is 39.4 Å². The van der Waals surface area contributed by atoms with E-state index in [1.54, 1.807) is 36.4 Å². The summed E-state index contributed by atoms with van der Waals surface area (Å²) in [6.07, 6.45) is -3.65. The highest BCUT2D eigenvalue weighted by Crippen LogP contribution is 2.22. The van der Waals surface area contributed by atoms with Crippen molar-refractivity contribution in [1.82, 2.24) is 20.6 Å². The molecule has 3 N–H and O–H groups in total. The van der Waals surface area contributed by atoms with Gasteiger partial charge in [0.25, 0.3) is 5.91 Å². The summed E-state index contributed by atoms with van der Waals surface area (Å²) in [6, 6.07) is 12.6. The number of carbonyl (C=O) groups excluding carboxylic acids is 1. The molecule has 0 unspecified atom stereocenters. The third-order valence-electron chi connectivity index (χ3n) is 6.28. The number of amides is 1. The first-order valence-corrected chi connectivity index (χ1v) is 13.3. The minimum atomic E-state index is -4.56. The lowest BCUT2D eigenvalue weighted by atomic mass is 9.93. The first-order chi connectivity index (χ1) is 19.5. The zero-order chi connectivity index (χ0) is 29.5. The number of aromatic nitrogens is 2. The van der Waals surface area contributed by atoms with E-state index < -0.39 is 24.6 Å². The molecule has 8 nitrogen and oxygen atoms in total. The number of rotatable bonds is 2. The Kier molecular flexibility index (Phi) is 9.64. The zero-order valence-corrected chi connectivity index (χ0v) is 22.9. The molecule has 0 atom stereocenters. The lowest BCUT2D eigenvalue weighted by Crippen LogP contribution is -2.40. The molecular weight excluding hydrogens is 542 g/mol. The van der Waals surface area contributed by atoms with Gasteiger partial charge in [0.05, 0.1) is 12.3 Å². The van der Waals surface area contributed by atoms with Crippen LogP contribution in [0.15, 0.2) is 48.5 Å². The number of anilines is 1. The third kappa shape index (κ3) is 9.59. The van der Waals surface area contributed by atoms with Crippen LogP contribution in [0, 0.1) is 11.2 Å². The van der Waals surface area contributed by atoms with Crippen molar-refractivity contribution in [2.75, 3.05) is 38.2 Å². The Bertz CT molecular complexity index is 1330. The summed E-state index contributed by atoms with van der Waals surface area (Å²) in [7, 11) is 0. The summed E-state index contributed by atoms with van der Waals surface area (Å²) < 4.78 is 63.4.